The molecule has 0 heterocycles. The van der Waals surface area contributed by atoms with Crippen LogP contribution in [0.2, 0.25) is 5.02 Å². The summed E-state index contributed by atoms with van der Waals surface area (Å²) in [5.74, 6) is -1.24. The van der Waals surface area contributed by atoms with Gasteiger partial charge in [0.05, 0.1) is 10.5 Å². The third kappa shape index (κ3) is 5.30. The van der Waals surface area contributed by atoms with Crippen LogP contribution in [0.15, 0.2) is 53.4 Å². The molecular weight excluding hydrogens is 366 g/mol. The molecule has 0 aliphatic heterocycles. The Morgan fingerprint density at radius 1 is 1.12 bits per heavy atom. The van der Waals surface area contributed by atoms with E-state index in [9.17, 15) is 18.0 Å². The Balaban J connectivity index is 2.00. The van der Waals surface area contributed by atoms with E-state index in [2.05, 4.69) is 5.32 Å². The zero-order valence-electron chi connectivity index (χ0n) is 13.5. The Kier molecular flexibility index (Phi) is 5.81. The van der Waals surface area contributed by atoms with Crippen LogP contribution in [0.4, 0.5) is 5.69 Å². The number of halogens is 1. The SMILES string of the molecule is C[C@H](OC(=O)c1ccc(S(C)(=O)=O)cc1)C(=O)Nc1cccc(Cl)c1. The van der Waals surface area contributed by atoms with Crippen molar-refractivity contribution in [3.05, 3.63) is 59.1 Å². The average molecular weight is 382 g/mol. The molecule has 1 N–H and O–H groups in total. The minimum absolute atomic E-state index is 0.0933. The molecule has 132 valence electrons. The lowest BCUT2D eigenvalue weighted by Gasteiger charge is -2.14. The minimum atomic E-state index is -3.35. The maximum atomic E-state index is 12.1. The summed E-state index contributed by atoms with van der Waals surface area (Å²) < 4.78 is 27.9. The number of benzene rings is 2. The highest BCUT2D eigenvalue weighted by molar-refractivity contribution is 7.90. The van der Waals surface area contributed by atoms with Crippen molar-refractivity contribution in [1.82, 2.24) is 0 Å². The molecule has 0 fully saturated rings. The van der Waals surface area contributed by atoms with Crippen LogP contribution in [-0.4, -0.2) is 32.7 Å². The van der Waals surface area contributed by atoms with Crippen LogP contribution in [-0.2, 0) is 19.4 Å². The van der Waals surface area contributed by atoms with Crippen molar-refractivity contribution < 1.29 is 22.7 Å². The topological polar surface area (TPSA) is 89.5 Å². The molecule has 25 heavy (non-hydrogen) atoms. The van der Waals surface area contributed by atoms with Crippen LogP contribution in [0, 0.1) is 0 Å². The van der Waals surface area contributed by atoms with E-state index < -0.39 is 27.8 Å². The van der Waals surface area contributed by atoms with E-state index in [0.717, 1.165) is 6.26 Å². The lowest BCUT2D eigenvalue weighted by Crippen LogP contribution is -2.30. The maximum Gasteiger partial charge on any atom is 0.338 e. The first-order valence-electron chi connectivity index (χ1n) is 7.24. The van der Waals surface area contributed by atoms with Gasteiger partial charge in [-0.1, -0.05) is 17.7 Å². The van der Waals surface area contributed by atoms with Crippen LogP contribution < -0.4 is 5.32 Å². The van der Waals surface area contributed by atoms with Gasteiger partial charge in [0.1, 0.15) is 0 Å². The van der Waals surface area contributed by atoms with Gasteiger partial charge in [0.25, 0.3) is 5.91 Å². The van der Waals surface area contributed by atoms with Gasteiger partial charge in [-0.2, -0.15) is 0 Å². The quantitative estimate of drug-likeness (QED) is 0.804. The van der Waals surface area contributed by atoms with E-state index in [1.807, 2.05) is 0 Å². The number of carbonyl (C=O) groups is 2. The fraction of sp³-hybridized carbons (Fsp3) is 0.176. The van der Waals surface area contributed by atoms with Crippen LogP contribution in [0.25, 0.3) is 0 Å². The number of carbonyl (C=O) groups excluding carboxylic acids is 2. The monoisotopic (exact) mass is 381 g/mol. The first kappa shape index (κ1) is 19.0. The van der Waals surface area contributed by atoms with Gasteiger partial charge in [-0.3, -0.25) is 4.79 Å². The number of amides is 1. The second kappa shape index (κ2) is 7.67. The molecule has 8 heteroatoms. The predicted octanol–water partition coefficient (Wildman–Crippen LogP) is 2.93. The summed E-state index contributed by atoms with van der Waals surface area (Å²) >= 11 is 5.84. The molecule has 1 amide bonds. The maximum absolute atomic E-state index is 12.1. The lowest BCUT2D eigenvalue weighted by molar-refractivity contribution is -0.123. The average Bonchev–Trinajstić information content (AvgIpc) is 2.54. The molecular formula is C17H16ClNO5S. The Labute approximate surface area is 150 Å². The number of ether oxygens (including phenoxy) is 1. The van der Waals surface area contributed by atoms with Crippen molar-refractivity contribution in [1.29, 1.82) is 0 Å². The van der Waals surface area contributed by atoms with Gasteiger partial charge >= 0.3 is 5.97 Å². The van der Waals surface area contributed by atoms with Gasteiger partial charge in [-0.15, -0.1) is 0 Å². The zero-order valence-corrected chi connectivity index (χ0v) is 15.1. The summed E-state index contributed by atoms with van der Waals surface area (Å²) in [5.41, 5.74) is 0.632. The molecule has 0 bridgehead atoms. The summed E-state index contributed by atoms with van der Waals surface area (Å²) in [6.07, 6.45) is 0.0313. The summed E-state index contributed by atoms with van der Waals surface area (Å²) in [6.45, 7) is 1.43. The molecule has 0 spiro atoms. The number of anilines is 1. The van der Waals surface area contributed by atoms with Crippen LogP contribution in [0.3, 0.4) is 0 Å². The van der Waals surface area contributed by atoms with Crippen molar-refractivity contribution in [2.75, 3.05) is 11.6 Å². The number of rotatable bonds is 5. The molecule has 0 saturated carbocycles. The molecule has 0 radical (unpaired) electrons. The van der Waals surface area contributed by atoms with E-state index in [-0.39, 0.29) is 10.5 Å². The summed E-state index contributed by atoms with van der Waals surface area (Å²) in [6, 6.07) is 11.9. The van der Waals surface area contributed by atoms with Crippen LogP contribution in [0.1, 0.15) is 17.3 Å². The van der Waals surface area contributed by atoms with Crippen molar-refractivity contribution in [3.63, 3.8) is 0 Å². The smallest absolute Gasteiger partial charge is 0.338 e. The number of hydrogen-bond donors (Lipinski definition) is 1. The lowest BCUT2D eigenvalue weighted by atomic mass is 10.2. The molecule has 2 aromatic carbocycles. The molecule has 0 aliphatic carbocycles. The van der Waals surface area contributed by atoms with E-state index in [0.29, 0.717) is 10.7 Å². The minimum Gasteiger partial charge on any atom is -0.449 e. The Hall–Kier alpha value is -2.38. The van der Waals surface area contributed by atoms with Crippen LogP contribution in [0.5, 0.6) is 0 Å². The fourth-order valence-electron chi connectivity index (χ4n) is 1.93. The molecule has 0 aromatic heterocycles. The van der Waals surface area contributed by atoms with Crippen LogP contribution >= 0.6 is 11.6 Å². The Morgan fingerprint density at radius 2 is 1.76 bits per heavy atom. The third-order valence-corrected chi connectivity index (χ3v) is 4.63. The van der Waals surface area contributed by atoms with E-state index in [1.54, 1.807) is 24.3 Å². The Morgan fingerprint density at radius 3 is 2.32 bits per heavy atom. The van der Waals surface area contributed by atoms with Crippen molar-refractivity contribution >= 4 is 39.0 Å². The highest BCUT2D eigenvalue weighted by Crippen LogP contribution is 2.16. The molecule has 2 aromatic rings. The number of sulfone groups is 1. The predicted molar refractivity (Wildman–Crippen MR) is 94.5 cm³/mol. The zero-order chi connectivity index (χ0) is 18.6. The van der Waals surface area contributed by atoms with Gasteiger partial charge < -0.3 is 10.1 Å². The summed E-state index contributed by atoms with van der Waals surface area (Å²) in [5, 5.41) is 3.05. The number of nitrogens with one attached hydrogen (secondary N) is 1. The van der Waals surface area contributed by atoms with E-state index in [1.165, 1.54) is 31.2 Å². The molecule has 0 saturated heterocycles. The normalized spacial score (nSPS) is 12.3. The number of esters is 1. The molecule has 6 nitrogen and oxygen atoms in total. The van der Waals surface area contributed by atoms with Crippen molar-refractivity contribution in [2.45, 2.75) is 17.9 Å². The Bertz CT molecular complexity index is 894. The van der Waals surface area contributed by atoms with Gasteiger partial charge in [0.15, 0.2) is 15.9 Å². The number of hydrogen-bond acceptors (Lipinski definition) is 5. The van der Waals surface area contributed by atoms with Crippen molar-refractivity contribution in [2.24, 2.45) is 0 Å². The van der Waals surface area contributed by atoms with Gasteiger partial charge in [-0.25, -0.2) is 13.2 Å². The first-order chi connectivity index (χ1) is 11.7. The second-order valence-electron chi connectivity index (χ2n) is 5.34. The molecule has 0 unspecified atom stereocenters. The summed E-state index contributed by atoms with van der Waals surface area (Å²) in [7, 11) is -3.35. The van der Waals surface area contributed by atoms with E-state index in [4.69, 9.17) is 16.3 Å². The summed E-state index contributed by atoms with van der Waals surface area (Å²) in [4.78, 5) is 24.2. The molecule has 1 atom stereocenters. The van der Waals surface area contributed by atoms with Gasteiger partial charge in [0.2, 0.25) is 0 Å². The van der Waals surface area contributed by atoms with Gasteiger partial charge in [0, 0.05) is 17.0 Å². The standard InChI is InChI=1S/C17H16ClNO5S/c1-11(16(20)19-14-5-3-4-13(18)10-14)24-17(21)12-6-8-15(9-7-12)25(2,22)23/h3-11H,1-2H3,(H,19,20)/t11-/m0/s1. The highest BCUT2D eigenvalue weighted by Gasteiger charge is 2.19. The molecule has 0 aliphatic rings. The van der Waals surface area contributed by atoms with Crippen molar-refractivity contribution in [3.8, 4) is 0 Å². The molecule has 2 rings (SSSR count). The fourth-order valence-corrected chi connectivity index (χ4v) is 2.75. The van der Waals surface area contributed by atoms with E-state index >= 15 is 0 Å². The highest BCUT2D eigenvalue weighted by atomic mass is 35.5. The van der Waals surface area contributed by atoms with Gasteiger partial charge in [-0.05, 0) is 49.4 Å². The first-order valence-corrected chi connectivity index (χ1v) is 9.51. The second-order valence-corrected chi connectivity index (χ2v) is 7.80. The third-order valence-electron chi connectivity index (χ3n) is 3.26. The largest absolute Gasteiger partial charge is 0.449 e.